The molecular weight excluding hydrogens is 425 g/mol. The summed E-state index contributed by atoms with van der Waals surface area (Å²) >= 11 is 0.751. The molecule has 1 aliphatic heterocycles. The molecule has 1 aliphatic rings. The highest BCUT2D eigenvalue weighted by Crippen LogP contribution is 2.34. The summed E-state index contributed by atoms with van der Waals surface area (Å²) in [6.45, 7) is 1.62. The summed E-state index contributed by atoms with van der Waals surface area (Å²) in [6, 6.07) is 11.0. The van der Waals surface area contributed by atoms with Gasteiger partial charge in [0.15, 0.2) is 11.5 Å². The highest BCUT2D eigenvalue weighted by molar-refractivity contribution is 8.18. The van der Waals surface area contributed by atoms with Gasteiger partial charge in [-0.25, -0.2) is 4.39 Å². The molecule has 2 amide bonds. The Kier molecular flexibility index (Phi) is 7.30. The lowest BCUT2D eigenvalue weighted by Crippen LogP contribution is -2.34. The highest BCUT2D eigenvalue weighted by Gasteiger charge is 2.36. The molecule has 0 radical (unpaired) electrons. The molecule has 1 heterocycles. The summed E-state index contributed by atoms with van der Waals surface area (Å²) in [6.07, 6.45) is 1.54. The Morgan fingerprint density at radius 2 is 1.87 bits per heavy atom. The lowest BCUT2D eigenvalue weighted by Gasteiger charge is -2.12. The molecule has 162 valence electrons. The topological polar surface area (TPSA) is 82.1 Å². The minimum absolute atomic E-state index is 0.167. The minimum Gasteiger partial charge on any atom is -0.493 e. The van der Waals surface area contributed by atoms with Crippen LogP contribution in [0.4, 0.5) is 9.18 Å². The van der Waals surface area contributed by atoms with Gasteiger partial charge in [-0.05, 0) is 60.2 Å². The van der Waals surface area contributed by atoms with Crippen LogP contribution in [0.3, 0.4) is 0 Å². The summed E-state index contributed by atoms with van der Waals surface area (Å²) in [5, 5.41) is -0.532. The number of nitrogens with zero attached hydrogens (tertiary/aromatic N) is 1. The van der Waals surface area contributed by atoms with E-state index in [2.05, 4.69) is 0 Å². The van der Waals surface area contributed by atoms with E-state index >= 15 is 0 Å². The largest absolute Gasteiger partial charge is 0.493 e. The van der Waals surface area contributed by atoms with Crippen molar-refractivity contribution in [1.82, 2.24) is 4.90 Å². The molecule has 0 saturated carbocycles. The Hall–Kier alpha value is -3.33. The summed E-state index contributed by atoms with van der Waals surface area (Å²) < 4.78 is 28.9. The number of amides is 2. The number of methoxy groups -OCH3 is 1. The molecule has 1 fully saturated rings. The van der Waals surface area contributed by atoms with Crippen LogP contribution in [-0.4, -0.2) is 42.3 Å². The number of carbonyl (C=O) groups excluding carboxylic acids is 3. The van der Waals surface area contributed by atoms with E-state index in [9.17, 15) is 18.8 Å². The molecule has 0 atom stereocenters. The SMILES string of the molecule is CCOC(=O)CN1C(=O)S/C(=C\c2ccc(OCc3ccc(F)cc3)c(OC)c2)C1=O. The van der Waals surface area contributed by atoms with E-state index in [1.165, 1.54) is 19.2 Å². The average molecular weight is 445 g/mol. The number of imide groups is 1. The Balaban J connectivity index is 1.72. The maximum Gasteiger partial charge on any atom is 0.326 e. The third-order valence-corrected chi connectivity index (χ3v) is 5.17. The van der Waals surface area contributed by atoms with Gasteiger partial charge >= 0.3 is 5.97 Å². The molecule has 0 spiro atoms. The van der Waals surface area contributed by atoms with E-state index in [0.29, 0.717) is 17.1 Å². The third-order valence-electron chi connectivity index (χ3n) is 4.26. The van der Waals surface area contributed by atoms with Crippen molar-refractivity contribution >= 4 is 35.0 Å². The zero-order valence-corrected chi connectivity index (χ0v) is 17.7. The van der Waals surface area contributed by atoms with Crippen molar-refractivity contribution in [2.24, 2.45) is 0 Å². The second kappa shape index (κ2) is 10.1. The zero-order valence-electron chi connectivity index (χ0n) is 16.9. The normalized spacial score (nSPS) is 14.8. The number of esters is 1. The van der Waals surface area contributed by atoms with E-state index in [0.717, 1.165) is 22.2 Å². The van der Waals surface area contributed by atoms with Gasteiger partial charge in [0.25, 0.3) is 11.1 Å². The van der Waals surface area contributed by atoms with Crippen molar-refractivity contribution in [3.63, 3.8) is 0 Å². The van der Waals surface area contributed by atoms with E-state index < -0.39 is 23.7 Å². The van der Waals surface area contributed by atoms with Crippen LogP contribution >= 0.6 is 11.8 Å². The van der Waals surface area contributed by atoms with Crippen LogP contribution in [0.1, 0.15) is 18.1 Å². The van der Waals surface area contributed by atoms with Gasteiger partial charge in [-0.15, -0.1) is 0 Å². The summed E-state index contributed by atoms with van der Waals surface area (Å²) in [5.74, 6) is -0.618. The molecule has 2 aromatic carbocycles. The molecule has 0 aromatic heterocycles. The Morgan fingerprint density at radius 1 is 1.13 bits per heavy atom. The maximum atomic E-state index is 13.0. The summed E-state index contributed by atoms with van der Waals surface area (Å²) in [4.78, 5) is 37.2. The lowest BCUT2D eigenvalue weighted by atomic mass is 10.1. The predicted octanol–water partition coefficient (Wildman–Crippen LogP) is 4.01. The molecular formula is C22H20FNO6S. The maximum absolute atomic E-state index is 13.0. The van der Waals surface area contributed by atoms with E-state index in [1.807, 2.05) is 0 Å². The minimum atomic E-state index is -0.643. The Bertz CT molecular complexity index is 1020. The predicted molar refractivity (Wildman–Crippen MR) is 113 cm³/mol. The summed E-state index contributed by atoms with van der Waals surface area (Å²) in [7, 11) is 1.48. The molecule has 0 aliphatic carbocycles. The first-order valence-corrected chi connectivity index (χ1v) is 10.2. The highest BCUT2D eigenvalue weighted by atomic mass is 32.2. The fourth-order valence-electron chi connectivity index (χ4n) is 2.76. The number of halogens is 1. The first-order valence-electron chi connectivity index (χ1n) is 9.37. The third kappa shape index (κ3) is 5.64. The zero-order chi connectivity index (χ0) is 22.4. The van der Waals surface area contributed by atoms with Crippen LogP contribution in [0.5, 0.6) is 11.5 Å². The van der Waals surface area contributed by atoms with Gasteiger partial charge in [0, 0.05) is 0 Å². The van der Waals surface area contributed by atoms with Crippen LogP contribution in [0.2, 0.25) is 0 Å². The van der Waals surface area contributed by atoms with E-state index in [1.54, 1.807) is 43.3 Å². The fourth-order valence-corrected chi connectivity index (χ4v) is 3.60. The van der Waals surface area contributed by atoms with Gasteiger partial charge in [0.05, 0.1) is 18.6 Å². The Labute approximate surface area is 182 Å². The number of hydrogen-bond donors (Lipinski definition) is 0. The van der Waals surface area contributed by atoms with Crippen molar-refractivity contribution < 1.29 is 33.0 Å². The van der Waals surface area contributed by atoms with Crippen molar-refractivity contribution in [1.29, 1.82) is 0 Å². The molecule has 9 heteroatoms. The molecule has 0 bridgehead atoms. The molecule has 7 nitrogen and oxygen atoms in total. The van der Waals surface area contributed by atoms with E-state index in [-0.39, 0.29) is 23.9 Å². The Morgan fingerprint density at radius 3 is 2.55 bits per heavy atom. The number of hydrogen-bond acceptors (Lipinski definition) is 7. The van der Waals surface area contributed by atoms with Crippen molar-refractivity contribution in [2.45, 2.75) is 13.5 Å². The van der Waals surface area contributed by atoms with Gasteiger partial charge in [0.1, 0.15) is 19.0 Å². The van der Waals surface area contributed by atoms with Gasteiger partial charge in [0.2, 0.25) is 0 Å². The second-order valence-electron chi connectivity index (χ2n) is 6.40. The van der Waals surface area contributed by atoms with Gasteiger partial charge in [-0.1, -0.05) is 18.2 Å². The van der Waals surface area contributed by atoms with Crippen LogP contribution in [0.15, 0.2) is 47.4 Å². The van der Waals surface area contributed by atoms with Crippen molar-refractivity contribution in [3.05, 3.63) is 64.3 Å². The lowest BCUT2D eigenvalue weighted by molar-refractivity contribution is -0.145. The van der Waals surface area contributed by atoms with Crippen LogP contribution in [0, 0.1) is 5.82 Å². The van der Waals surface area contributed by atoms with E-state index in [4.69, 9.17) is 14.2 Å². The second-order valence-corrected chi connectivity index (χ2v) is 7.39. The molecule has 0 unspecified atom stereocenters. The first kappa shape index (κ1) is 22.4. The van der Waals surface area contributed by atoms with Crippen LogP contribution in [-0.2, 0) is 20.9 Å². The number of benzene rings is 2. The van der Waals surface area contributed by atoms with Gasteiger partial charge in [-0.3, -0.25) is 19.3 Å². The fraction of sp³-hybridized carbons (Fsp3) is 0.227. The summed E-state index contributed by atoms with van der Waals surface area (Å²) in [5.41, 5.74) is 1.41. The standard InChI is InChI=1S/C22H20FNO6S/c1-3-29-20(25)12-24-21(26)19(31-22(24)27)11-15-6-9-17(18(10-15)28-2)30-13-14-4-7-16(23)8-5-14/h4-11H,3,12-13H2,1-2H3/b19-11-. The molecule has 1 saturated heterocycles. The smallest absolute Gasteiger partial charge is 0.326 e. The number of ether oxygens (including phenoxy) is 3. The molecule has 3 rings (SSSR count). The van der Waals surface area contributed by atoms with Crippen LogP contribution < -0.4 is 9.47 Å². The molecule has 31 heavy (non-hydrogen) atoms. The monoisotopic (exact) mass is 445 g/mol. The van der Waals surface area contributed by atoms with Crippen molar-refractivity contribution in [3.8, 4) is 11.5 Å². The first-order chi connectivity index (χ1) is 14.9. The van der Waals surface area contributed by atoms with Gasteiger partial charge < -0.3 is 14.2 Å². The quantitative estimate of drug-likeness (QED) is 0.448. The molecule has 0 N–H and O–H groups in total. The average Bonchev–Trinajstić information content (AvgIpc) is 3.01. The number of rotatable bonds is 8. The number of thioether (sulfide) groups is 1. The van der Waals surface area contributed by atoms with Gasteiger partial charge in [-0.2, -0.15) is 0 Å². The van der Waals surface area contributed by atoms with Crippen LogP contribution in [0.25, 0.3) is 6.08 Å². The van der Waals surface area contributed by atoms with Crippen molar-refractivity contribution in [2.75, 3.05) is 20.3 Å². The number of carbonyl (C=O) groups is 3. The molecule has 2 aromatic rings.